The summed E-state index contributed by atoms with van der Waals surface area (Å²) in [6.45, 7) is 0. The van der Waals surface area contributed by atoms with Gasteiger partial charge in [0.2, 0.25) is 0 Å². The lowest BCUT2D eigenvalue weighted by Gasteiger charge is -2.14. The maximum atomic E-state index is 5.30. The molecule has 6 heteroatoms. The van der Waals surface area contributed by atoms with E-state index in [0.29, 0.717) is 5.82 Å². The quantitative estimate of drug-likeness (QED) is 0.164. The summed E-state index contributed by atoms with van der Waals surface area (Å²) < 4.78 is 0. The average molecular weight is 679 g/mol. The van der Waals surface area contributed by atoms with Crippen LogP contribution in [0.5, 0.6) is 0 Å². The van der Waals surface area contributed by atoms with Crippen molar-refractivity contribution in [3.63, 3.8) is 0 Å². The minimum atomic E-state index is 0.694. The lowest BCUT2D eigenvalue weighted by atomic mass is 9.93. The Morgan fingerprint density at radius 2 is 0.962 bits per heavy atom. The normalized spacial score (nSPS) is 11.4. The Kier molecular flexibility index (Phi) is 7.36. The van der Waals surface area contributed by atoms with E-state index in [4.69, 9.17) is 25.1 Å². The Balaban J connectivity index is 1.16. The zero-order valence-electron chi connectivity index (χ0n) is 28.5. The molecule has 0 spiro atoms. The molecule has 10 aromatic rings. The highest BCUT2D eigenvalue weighted by atomic mass is 15.5. The molecule has 0 aliphatic carbocycles. The summed E-state index contributed by atoms with van der Waals surface area (Å²) >= 11 is 0. The van der Waals surface area contributed by atoms with Crippen LogP contribution in [0.4, 0.5) is 0 Å². The predicted octanol–water partition coefficient (Wildman–Crippen LogP) is 11.2. The van der Waals surface area contributed by atoms with Gasteiger partial charge >= 0.3 is 0 Å². The van der Waals surface area contributed by atoms with Crippen LogP contribution in [0.1, 0.15) is 0 Å². The molecule has 53 heavy (non-hydrogen) atoms. The van der Waals surface area contributed by atoms with Gasteiger partial charge < -0.3 is 0 Å². The van der Waals surface area contributed by atoms with Crippen LogP contribution >= 0.6 is 0 Å². The average Bonchev–Trinajstić information content (AvgIpc) is 3.69. The molecular formula is C47H30N6. The summed E-state index contributed by atoms with van der Waals surface area (Å²) in [7, 11) is 0. The number of pyridine rings is 1. The minimum absolute atomic E-state index is 0.694. The van der Waals surface area contributed by atoms with Crippen molar-refractivity contribution >= 4 is 32.7 Å². The third-order valence-electron chi connectivity index (χ3n) is 9.69. The molecule has 0 saturated carbocycles. The summed E-state index contributed by atoms with van der Waals surface area (Å²) in [6.07, 6.45) is 0. The maximum absolute atomic E-state index is 5.30. The van der Waals surface area contributed by atoms with E-state index in [1.807, 2.05) is 72.8 Å². The van der Waals surface area contributed by atoms with Gasteiger partial charge in [-0.15, -0.1) is 10.2 Å². The third-order valence-corrected chi connectivity index (χ3v) is 9.69. The van der Waals surface area contributed by atoms with Gasteiger partial charge in [-0.1, -0.05) is 146 Å². The fourth-order valence-corrected chi connectivity index (χ4v) is 7.13. The van der Waals surface area contributed by atoms with E-state index in [1.54, 1.807) is 4.80 Å². The molecule has 0 bridgehead atoms. The molecule has 0 fully saturated rings. The number of hydrogen-bond donors (Lipinski definition) is 0. The van der Waals surface area contributed by atoms with Crippen LogP contribution in [0.15, 0.2) is 182 Å². The number of aromatic nitrogens is 6. The number of para-hydroxylation sites is 1. The second-order valence-corrected chi connectivity index (χ2v) is 13.0. The van der Waals surface area contributed by atoms with Crippen molar-refractivity contribution in [3.05, 3.63) is 182 Å². The van der Waals surface area contributed by atoms with E-state index in [-0.39, 0.29) is 0 Å². The van der Waals surface area contributed by atoms with Gasteiger partial charge in [0.15, 0.2) is 5.82 Å². The smallest absolute Gasteiger partial charge is 0.160 e. The monoisotopic (exact) mass is 678 g/mol. The van der Waals surface area contributed by atoms with Crippen molar-refractivity contribution < 1.29 is 0 Å². The first-order valence-corrected chi connectivity index (χ1v) is 17.6. The molecule has 0 unspecified atom stereocenters. The number of nitrogens with zero attached hydrogens (tertiary/aromatic N) is 6. The van der Waals surface area contributed by atoms with Gasteiger partial charge in [-0.2, -0.15) is 4.80 Å². The van der Waals surface area contributed by atoms with Crippen molar-refractivity contribution in [1.29, 1.82) is 0 Å². The molecule has 0 amide bonds. The first kappa shape index (κ1) is 30.5. The summed E-state index contributed by atoms with van der Waals surface area (Å²) in [5.74, 6) is 0.694. The maximum Gasteiger partial charge on any atom is 0.160 e. The first-order chi connectivity index (χ1) is 26.3. The van der Waals surface area contributed by atoms with Crippen molar-refractivity contribution in [3.8, 4) is 62.0 Å². The SMILES string of the molecule is c1ccc(-c2cc(-c3ccc(-c4cccc5nc(-c6ccccc6)c6ccc7nn(-c8ccccc8)nc7c6c45)cc3)nc(-c3ccccc3)n2)cc1. The molecule has 3 aromatic heterocycles. The summed E-state index contributed by atoms with van der Waals surface area (Å²) in [5.41, 5.74) is 12.4. The van der Waals surface area contributed by atoms with Crippen LogP contribution in [0.2, 0.25) is 0 Å². The summed E-state index contributed by atoms with van der Waals surface area (Å²) in [6, 6.07) is 62.1. The van der Waals surface area contributed by atoms with Gasteiger partial charge in [0, 0.05) is 38.4 Å². The number of benzene rings is 7. The van der Waals surface area contributed by atoms with E-state index >= 15 is 0 Å². The largest absolute Gasteiger partial charge is 0.247 e. The van der Waals surface area contributed by atoms with Crippen molar-refractivity contribution in [1.82, 2.24) is 29.9 Å². The van der Waals surface area contributed by atoms with Gasteiger partial charge in [0.05, 0.1) is 28.3 Å². The van der Waals surface area contributed by atoms with Crippen LogP contribution in [-0.4, -0.2) is 29.9 Å². The molecule has 3 heterocycles. The van der Waals surface area contributed by atoms with E-state index in [9.17, 15) is 0 Å². The highest BCUT2D eigenvalue weighted by molar-refractivity contribution is 6.24. The van der Waals surface area contributed by atoms with Crippen molar-refractivity contribution in [2.45, 2.75) is 0 Å². The highest BCUT2D eigenvalue weighted by Crippen LogP contribution is 2.41. The topological polar surface area (TPSA) is 69.4 Å². The molecule has 0 aliphatic heterocycles. The Bertz CT molecular complexity index is 2850. The molecule has 0 atom stereocenters. The second kappa shape index (κ2) is 12.8. The molecule has 0 N–H and O–H groups in total. The predicted molar refractivity (Wildman–Crippen MR) is 214 cm³/mol. The fraction of sp³-hybridized carbons (Fsp3) is 0. The molecule has 0 radical (unpaired) electrons. The van der Waals surface area contributed by atoms with Crippen LogP contribution in [0, 0.1) is 0 Å². The first-order valence-electron chi connectivity index (χ1n) is 17.6. The highest BCUT2D eigenvalue weighted by Gasteiger charge is 2.19. The minimum Gasteiger partial charge on any atom is -0.247 e. The van der Waals surface area contributed by atoms with E-state index in [2.05, 4.69) is 109 Å². The molecule has 10 rings (SSSR count). The summed E-state index contributed by atoms with van der Waals surface area (Å²) in [4.78, 5) is 17.1. The van der Waals surface area contributed by atoms with Gasteiger partial charge in [0.25, 0.3) is 0 Å². The lowest BCUT2D eigenvalue weighted by molar-refractivity contribution is 0.766. The Morgan fingerprint density at radius 3 is 1.64 bits per heavy atom. The summed E-state index contributed by atoms with van der Waals surface area (Å²) in [5, 5.41) is 13.1. The zero-order chi connectivity index (χ0) is 35.1. The number of rotatable bonds is 6. The fourth-order valence-electron chi connectivity index (χ4n) is 7.13. The molecular weight excluding hydrogens is 649 g/mol. The second-order valence-electron chi connectivity index (χ2n) is 13.0. The van der Waals surface area contributed by atoms with Crippen molar-refractivity contribution in [2.24, 2.45) is 0 Å². The van der Waals surface area contributed by atoms with Gasteiger partial charge in [-0.05, 0) is 47.5 Å². The van der Waals surface area contributed by atoms with Gasteiger partial charge in [-0.25, -0.2) is 15.0 Å². The molecule has 248 valence electrons. The van der Waals surface area contributed by atoms with Crippen molar-refractivity contribution in [2.75, 3.05) is 0 Å². The van der Waals surface area contributed by atoms with Crippen LogP contribution in [0.3, 0.4) is 0 Å². The Hall–Kier alpha value is -7.31. The number of hydrogen-bond acceptors (Lipinski definition) is 5. The van der Waals surface area contributed by atoms with E-state index in [1.165, 1.54) is 0 Å². The molecule has 0 saturated heterocycles. The zero-order valence-corrected chi connectivity index (χ0v) is 28.5. The molecule has 7 aromatic carbocycles. The third kappa shape index (κ3) is 5.50. The van der Waals surface area contributed by atoms with Crippen LogP contribution in [-0.2, 0) is 0 Å². The standard InChI is InChI=1S/C47H30N6/c1-5-14-32(15-6-1)41-30-42(50-47(49-41)35-18-9-3-10-19-35)33-26-24-31(25-27-33)37-22-13-23-39-43(37)44-38(45(48-39)34-16-7-2-8-17-34)28-29-40-46(44)52-53(51-40)36-20-11-4-12-21-36/h1-30H. The van der Waals surface area contributed by atoms with E-state index < -0.39 is 0 Å². The Morgan fingerprint density at radius 1 is 0.377 bits per heavy atom. The Labute approximate surface area is 305 Å². The number of fused-ring (bicyclic) bond motifs is 5. The van der Waals surface area contributed by atoms with Crippen LogP contribution < -0.4 is 0 Å². The van der Waals surface area contributed by atoms with Gasteiger partial charge in [0.1, 0.15) is 11.0 Å². The molecule has 0 aliphatic rings. The van der Waals surface area contributed by atoms with Gasteiger partial charge in [-0.3, -0.25) is 0 Å². The van der Waals surface area contributed by atoms with Crippen LogP contribution in [0.25, 0.3) is 94.7 Å². The lowest BCUT2D eigenvalue weighted by Crippen LogP contribution is -1.97. The molecule has 6 nitrogen and oxygen atoms in total. The van der Waals surface area contributed by atoms with E-state index in [0.717, 1.165) is 88.9 Å².